The number of ether oxygens (including phenoxy) is 1. The van der Waals surface area contributed by atoms with Gasteiger partial charge in [0, 0.05) is 140 Å². The maximum absolute atomic E-state index is 12.1. The van der Waals surface area contributed by atoms with Gasteiger partial charge in [0.2, 0.25) is 0 Å². The summed E-state index contributed by atoms with van der Waals surface area (Å²) < 4.78 is 6.01. The van der Waals surface area contributed by atoms with Crippen molar-refractivity contribution in [2.45, 2.75) is 106 Å². The van der Waals surface area contributed by atoms with Crippen LogP contribution in [0.25, 0.3) is 0 Å². The minimum Gasteiger partial charge on any atom is -0.459 e. The van der Waals surface area contributed by atoms with Crippen LogP contribution in [-0.2, 0) is 30.6 Å². The summed E-state index contributed by atoms with van der Waals surface area (Å²) in [6, 6.07) is 0. The zero-order valence-electron chi connectivity index (χ0n) is 22.2. The van der Waals surface area contributed by atoms with Crippen molar-refractivity contribution >= 4 is 15.2 Å². The Morgan fingerprint density at radius 3 is 2.12 bits per heavy atom. The van der Waals surface area contributed by atoms with E-state index < -0.39 is 0 Å². The molecule has 0 heterocycles. The molecule has 4 saturated carbocycles. The molecule has 4 aliphatic carbocycles. The Hall–Kier alpha value is 4.37. The normalized spacial score (nSPS) is 44.9. The summed E-state index contributed by atoms with van der Waals surface area (Å²) in [7, 11) is 1.71. The molecule has 0 radical (unpaired) electrons. The van der Waals surface area contributed by atoms with Crippen LogP contribution in [0.4, 0.5) is 0 Å². The van der Waals surface area contributed by atoms with Gasteiger partial charge in [-0.1, -0.05) is 60.3 Å². The van der Waals surface area contributed by atoms with E-state index in [2.05, 4.69) is 48.5 Å². The number of hydrogen-bond donors (Lipinski definition) is 0. The molecule has 34 heavy (non-hydrogen) atoms. The number of esters is 1. The Labute approximate surface area is 317 Å². The Kier molecular flexibility index (Phi) is 15.8. The molecule has 0 saturated heterocycles. The molecule has 0 aromatic carbocycles. The third kappa shape index (κ3) is 6.10. The van der Waals surface area contributed by atoms with Gasteiger partial charge in [0.05, 0.1) is 0 Å². The molecule has 2 nitrogen and oxygen atoms in total. The monoisotopic (exact) mass is 738 g/mol. The molecule has 7 heteroatoms. The quantitative estimate of drug-likeness (QED) is 0.177. The fourth-order valence-electron chi connectivity index (χ4n) is 9.68. The molecule has 1 unspecified atom stereocenters. The molecule has 202 valence electrons. The first-order chi connectivity index (χ1) is 13.9. The van der Waals surface area contributed by atoms with Crippen molar-refractivity contribution in [1.29, 1.82) is 0 Å². The smallest absolute Gasteiger partial charge is 0.343 e. The fourth-order valence-corrected chi connectivity index (χ4v) is 9.79. The molecule has 0 aromatic heterocycles. The second-order valence-electron chi connectivity index (χ2n) is 12.9. The van der Waals surface area contributed by atoms with Gasteiger partial charge in [0.1, 0.15) is 12.3 Å². The average Bonchev–Trinajstić information content (AvgIpc) is 2.68. The van der Waals surface area contributed by atoms with Gasteiger partial charge in [-0.15, -0.1) is 0 Å². The van der Waals surface area contributed by atoms with Crippen LogP contribution < -0.4 is 0 Å². The number of rotatable bonds is 2. The van der Waals surface area contributed by atoms with Crippen molar-refractivity contribution in [2.75, 3.05) is 6.16 Å². The van der Waals surface area contributed by atoms with Crippen LogP contribution in [0.3, 0.4) is 0 Å². The third-order valence-electron chi connectivity index (χ3n) is 11.8. The van der Waals surface area contributed by atoms with Gasteiger partial charge in [0.15, 0.2) is 0 Å². The molecule has 0 aliphatic heterocycles. The van der Waals surface area contributed by atoms with Crippen molar-refractivity contribution in [1.82, 2.24) is 0 Å². The van der Waals surface area contributed by atoms with Crippen LogP contribution in [0.1, 0.15) is 99.8 Å². The first kappa shape index (κ1) is 38.4. The molecule has 0 spiro atoms. The average molecular weight is 738 g/mol. The first-order valence-electron chi connectivity index (χ1n) is 12.7. The molecule has 0 N–H and O–H groups in total. The molecule has 0 amide bonds. The summed E-state index contributed by atoms with van der Waals surface area (Å²) in [5.74, 6) is 4.85. The van der Waals surface area contributed by atoms with E-state index in [1.165, 1.54) is 44.9 Å². The van der Waals surface area contributed by atoms with Crippen molar-refractivity contribution in [3.05, 3.63) is 5.92 Å². The van der Waals surface area contributed by atoms with Crippen molar-refractivity contribution in [2.24, 2.45) is 45.3 Å². The van der Waals surface area contributed by atoms with Gasteiger partial charge in [-0.2, -0.15) is 19.3 Å². The Bertz CT molecular complexity index is 709. The molecule has 0 bridgehead atoms. The van der Waals surface area contributed by atoms with Gasteiger partial charge in [-0.05, 0) is 69.4 Å². The number of carbonyl (C=O) groups excluding carboxylic acids is 1. The zero-order chi connectivity index (χ0) is 22.1. The van der Waals surface area contributed by atoms with Gasteiger partial charge in [0.25, 0.3) is 0 Å². The van der Waals surface area contributed by atoms with E-state index in [-0.39, 0.29) is 152 Å². The topological polar surface area (TPSA) is 26.3 Å². The van der Waals surface area contributed by atoms with Crippen LogP contribution in [0.5, 0.6) is 0 Å². The molecular weight excluding hydrogens is 691 g/mol. The van der Waals surface area contributed by atoms with E-state index in [4.69, 9.17) is 4.74 Å². The molecule has 0 aromatic rings. The van der Waals surface area contributed by atoms with Crippen molar-refractivity contribution in [3.63, 3.8) is 0 Å². The van der Waals surface area contributed by atoms with Crippen LogP contribution in [0.15, 0.2) is 0 Å². The zero-order valence-corrected chi connectivity index (χ0v) is 28.7. The minimum absolute atomic E-state index is 0. The van der Waals surface area contributed by atoms with Gasteiger partial charge in [-0.3, -0.25) is 0 Å². The van der Waals surface area contributed by atoms with Crippen LogP contribution >= 0.6 is 9.24 Å². The largest absolute Gasteiger partial charge is 0.459 e. The predicted molar refractivity (Wildman–Crippen MR) is 129 cm³/mol. The van der Waals surface area contributed by atoms with E-state index in [1.54, 1.807) is 15.2 Å². The Morgan fingerprint density at radius 2 is 1.53 bits per heavy atom. The predicted octanol–water partition coefficient (Wildman–Crippen LogP) is 6.80. The number of fused-ring (bicyclic) bond motifs is 5. The van der Waals surface area contributed by atoms with Crippen LogP contribution in [0, 0.1) is 164 Å². The molecule has 4 fully saturated rings. The summed E-state index contributed by atoms with van der Waals surface area (Å²) >= 11 is 0. The van der Waals surface area contributed by atoms with Gasteiger partial charge in [-0.25, -0.2) is 4.79 Å². The SMILES string of the molecule is C[C-]1CC[C@]2(C)[C@H](CC[C@@H]3[C@@]4(C)CC[C@H](OC(=O)C[PH3+])C(C)(C)[C@@H]4CC[C@]32C)[C@H]1C.[Ar].[Ar].[Ar].[W]. The van der Waals surface area contributed by atoms with Crippen LogP contribution in [0.2, 0.25) is 0 Å². The maximum atomic E-state index is 12.1. The fraction of sp³-hybridized carbons (Fsp3) is 0.926. The Morgan fingerprint density at radius 1 is 0.912 bits per heavy atom. The van der Waals surface area contributed by atoms with E-state index in [0.29, 0.717) is 28.3 Å². The van der Waals surface area contributed by atoms with Gasteiger partial charge >= 0.3 is 5.97 Å². The minimum atomic E-state index is -0.00788. The summed E-state index contributed by atoms with van der Waals surface area (Å²) in [6.07, 6.45) is 11.1. The van der Waals surface area contributed by atoms with E-state index >= 15 is 0 Å². The maximum Gasteiger partial charge on any atom is 0.343 e. The van der Waals surface area contributed by atoms with Crippen LogP contribution in [-0.4, -0.2) is 18.2 Å². The summed E-state index contributed by atoms with van der Waals surface area (Å²) in [5, 5.41) is 0. The standard InChI is InChI=1S/C27H46O2P.3Ar.W/c1-17-10-14-26(6)19(18(17)2)8-9-21-25(5)13-12-22(29-23(28)16-30)24(3,4)20(25)11-15-27(21,26)7;;;;/h18-22H,8-16,30H2,1-7H3;;;;/q-1;;;;/p+1/t18-,19+,20-,21+,22-,25-,26+,27+;;;;/m0..../s1. The van der Waals surface area contributed by atoms with E-state index in [9.17, 15) is 4.79 Å². The first-order valence-corrected chi connectivity index (χ1v) is 13.7. The molecule has 4 rings (SSSR count). The van der Waals surface area contributed by atoms with E-state index in [1.807, 2.05) is 0 Å². The second-order valence-corrected chi connectivity index (χ2v) is 13.4. The van der Waals surface area contributed by atoms with E-state index in [0.717, 1.165) is 24.2 Å². The number of carbonyl (C=O) groups is 1. The van der Waals surface area contributed by atoms with Gasteiger partial charge < -0.3 is 10.7 Å². The molecule has 4 aliphatic rings. The summed E-state index contributed by atoms with van der Waals surface area (Å²) in [4.78, 5) is 12.1. The molecule has 9 atom stereocenters. The summed E-state index contributed by atoms with van der Waals surface area (Å²) in [5.41, 5.74) is 1.37. The summed E-state index contributed by atoms with van der Waals surface area (Å²) in [6.45, 7) is 17.7. The van der Waals surface area contributed by atoms with Crippen molar-refractivity contribution < 1.29 is 144 Å². The molecular formula is C27H47Ar3O2PW. The third-order valence-corrected chi connectivity index (χ3v) is 12.2. The Balaban J connectivity index is 0.00000272. The van der Waals surface area contributed by atoms with Crippen molar-refractivity contribution in [3.8, 4) is 0 Å². The number of hydrogen-bond acceptors (Lipinski definition) is 2. The second kappa shape index (κ2) is 14.0.